The molecule has 2 atom stereocenters. The maximum Gasteiger partial charge on any atom is 0.242 e. The van der Waals surface area contributed by atoms with Gasteiger partial charge in [0.05, 0.1) is 6.04 Å². The Kier molecular flexibility index (Phi) is 3.59. The Labute approximate surface area is 126 Å². The van der Waals surface area contributed by atoms with Crippen molar-refractivity contribution in [2.75, 3.05) is 0 Å². The van der Waals surface area contributed by atoms with Crippen LogP contribution < -0.4 is 5.73 Å². The van der Waals surface area contributed by atoms with Gasteiger partial charge < -0.3 is 10.6 Å². The molecule has 0 spiro atoms. The number of β-lactam (4-membered cyclic amide) rings is 1. The van der Waals surface area contributed by atoms with Crippen molar-refractivity contribution in [3.8, 4) is 0 Å². The van der Waals surface area contributed by atoms with Gasteiger partial charge in [0.15, 0.2) is 0 Å². The third-order valence-corrected chi connectivity index (χ3v) is 4.18. The second-order valence-corrected chi connectivity index (χ2v) is 5.89. The lowest BCUT2D eigenvalue weighted by molar-refractivity contribution is -0.150. The van der Waals surface area contributed by atoms with E-state index < -0.39 is 6.04 Å². The van der Waals surface area contributed by atoms with Gasteiger partial charge in [-0.25, -0.2) is 0 Å². The van der Waals surface area contributed by atoms with Crippen LogP contribution in [0.4, 0.5) is 0 Å². The van der Waals surface area contributed by atoms with Crippen LogP contribution in [0.25, 0.3) is 0 Å². The van der Waals surface area contributed by atoms with Gasteiger partial charge in [0.2, 0.25) is 5.91 Å². The van der Waals surface area contributed by atoms with E-state index in [1.54, 1.807) is 0 Å². The molecule has 1 aliphatic heterocycles. The van der Waals surface area contributed by atoms with Crippen LogP contribution in [0, 0.1) is 0 Å². The fourth-order valence-electron chi connectivity index (χ4n) is 2.58. The maximum absolute atomic E-state index is 12.0. The van der Waals surface area contributed by atoms with Gasteiger partial charge in [0, 0.05) is 11.0 Å². The molecule has 0 saturated carbocycles. The highest BCUT2D eigenvalue weighted by Crippen LogP contribution is 2.35. The molecule has 1 aliphatic rings. The van der Waals surface area contributed by atoms with E-state index >= 15 is 0 Å². The normalized spacial score (nSPS) is 21.7. The van der Waals surface area contributed by atoms with Gasteiger partial charge in [-0.3, -0.25) is 4.79 Å². The molecule has 102 valence electrons. The molecule has 3 nitrogen and oxygen atoms in total. The van der Waals surface area contributed by atoms with Gasteiger partial charge in [0.1, 0.15) is 6.04 Å². The zero-order valence-corrected chi connectivity index (χ0v) is 12.5. The van der Waals surface area contributed by atoms with Gasteiger partial charge in [0.25, 0.3) is 0 Å². The highest BCUT2D eigenvalue weighted by molar-refractivity contribution is 9.10. The van der Waals surface area contributed by atoms with Crippen molar-refractivity contribution in [3.63, 3.8) is 0 Å². The van der Waals surface area contributed by atoms with Crippen LogP contribution in [0.2, 0.25) is 0 Å². The number of carbonyl (C=O) groups is 1. The fourth-order valence-corrected chi connectivity index (χ4v) is 2.84. The lowest BCUT2D eigenvalue weighted by atomic mass is 9.88. The number of rotatable bonds is 3. The molecule has 3 rings (SSSR count). The van der Waals surface area contributed by atoms with Crippen molar-refractivity contribution in [1.82, 2.24) is 4.90 Å². The molecule has 2 N–H and O–H groups in total. The minimum atomic E-state index is -0.431. The standard InChI is InChI=1S/C16H15BrN2O/c17-13-8-6-12(7-9-13)15-14(18)16(20)19(15)10-11-4-2-1-3-5-11/h1-9,14-15H,10,18H2/t14-,15-/m0/s1. The summed E-state index contributed by atoms with van der Waals surface area (Å²) in [7, 11) is 0. The van der Waals surface area contributed by atoms with Crippen molar-refractivity contribution in [2.45, 2.75) is 18.6 Å². The lowest BCUT2D eigenvalue weighted by Crippen LogP contribution is -2.62. The van der Waals surface area contributed by atoms with Gasteiger partial charge in [-0.05, 0) is 23.3 Å². The van der Waals surface area contributed by atoms with Gasteiger partial charge >= 0.3 is 0 Å². The number of benzene rings is 2. The summed E-state index contributed by atoms with van der Waals surface area (Å²) in [6.45, 7) is 0.605. The number of nitrogens with two attached hydrogens (primary N) is 1. The van der Waals surface area contributed by atoms with E-state index in [0.717, 1.165) is 15.6 Å². The molecule has 1 amide bonds. The molecule has 4 heteroatoms. The first-order valence-corrected chi connectivity index (χ1v) is 7.31. The zero-order chi connectivity index (χ0) is 14.1. The number of nitrogens with zero attached hydrogens (tertiary/aromatic N) is 1. The fraction of sp³-hybridized carbons (Fsp3) is 0.188. The van der Waals surface area contributed by atoms with Gasteiger partial charge in [-0.2, -0.15) is 0 Å². The summed E-state index contributed by atoms with van der Waals surface area (Å²) in [6, 6.07) is 17.5. The van der Waals surface area contributed by atoms with Crippen LogP contribution in [0.3, 0.4) is 0 Å². The summed E-state index contributed by atoms with van der Waals surface area (Å²) in [4.78, 5) is 13.8. The SMILES string of the molecule is N[C@@H]1C(=O)N(Cc2ccccc2)[C@H]1c1ccc(Br)cc1. The summed E-state index contributed by atoms with van der Waals surface area (Å²) in [5, 5.41) is 0. The number of carbonyl (C=O) groups excluding carboxylic acids is 1. The number of hydrogen-bond acceptors (Lipinski definition) is 2. The zero-order valence-electron chi connectivity index (χ0n) is 10.9. The molecule has 1 heterocycles. The van der Waals surface area contributed by atoms with Crippen LogP contribution in [0.5, 0.6) is 0 Å². The monoisotopic (exact) mass is 330 g/mol. The number of hydrogen-bond donors (Lipinski definition) is 1. The Morgan fingerprint density at radius 3 is 2.35 bits per heavy atom. The summed E-state index contributed by atoms with van der Waals surface area (Å²) in [5.74, 6) is 0.0155. The number of amides is 1. The highest BCUT2D eigenvalue weighted by Gasteiger charge is 2.45. The van der Waals surface area contributed by atoms with Crippen molar-refractivity contribution in [1.29, 1.82) is 0 Å². The Morgan fingerprint density at radius 1 is 1.05 bits per heavy atom. The van der Waals surface area contributed by atoms with E-state index in [9.17, 15) is 4.79 Å². The maximum atomic E-state index is 12.0. The first-order valence-electron chi connectivity index (χ1n) is 6.52. The lowest BCUT2D eigenvalue weighted by Gasteiger charge is -2.45. The predicted octanol–water partition coefficient (Wildman–Crippen LogP) is 2.86. The Balaban J connectivity index is 1.82. The van der Waals surface area contributed by atoms with Crippen molar-refractivity contribution >= 4 is 21.8 Å². The van der Waals surface area contributed by atoms with E-state index in [1.807, 2.05) is 59.5 Å². The quantitative estimate of drug-likeness (QED) is 0.879. The molecule has 1 fully saturated rings. The van der Waals surface area contributed by atoms with Crippen LogP contribution in [-0.4, -0.2) is 16.8 Å². The van der Waals surface area contributed by atoms with Crippen molar-refractivity contribution in [2.24, 2.45) is 5.73 Å². The molecule has 2 aromatic rings. The minimum absolute atomic E-state index is 0.0155. The largest absolute Gasteiger partial charge is 0.328 e. The average molecular weight is 331 g/mol. The van der Waals surface area contributed by atoms with Gasteiger partial charge in [-0.1, -0.05) is 58.4 Å². The molecule has 2 aromatic carbocycles. The molecule has 0 aliphatic carbocycles. The molecule has 0 unspecified atom stereocenters. The summed E-state index contributed by atoms with van der Waals surface area (Å²) in [5.41, 5.74) is 8.18. The Morgan fingerprint density at radius 2 is 1.70 bits per heavy atom. The first-order chi connectivity index (χ1) is 9.66. The van der Waals surface area contributed by atoms with Crippen LogP contribution in [0.15, 0.2) is 59.1 Å². The first kappa shape index (κ1) is 13.3. The summed E-state index contributed by atoms with van der Waals surface area (Å²) >= 11 is 3.42. The van der Waals surface area contributed by atoms with E-state index in [1.165, 1.54) is 0 Å². The molecule has 0 radical (unpaired) electrons. The third-order valence-electron chi connectivity index (χ3n) is 3.65. The van der Waals surface area contributed by atoms with Crippen molar-refractivity contribution in [3.05, 3.63) is 70.2 Å². The molecule has 0 aromatic heterocycles. The van der Waals surface area contributed by atoms with E-state index in [0.29, 0.717) is 6.54 Å². The molecule has 1 saturated heterocycles. The Bertz CT molecular complexity index is 612. The molecular weight excluding hydrogens is 316 g/mol. The molecular formula is C16H15BrN2O. The third kappa shape index (κ3) is 2.37. The van der Waals surface area contributed by atoms with Crippen LogP contribution >= 0.6 is 15.9 Å². The van der Waals surface area contributed by atoms with E-state index in [-0.39, 0.29) is 11.9 Å². The minimum Gasteiger partial charge on any atom is -0.328 e. The van der Waals surface area contributed by atoms with Gasteiger partial charge in [-0.15, -0.1) is 0 Å². The van der Waals surface area contributed by atoms with E-state index in [2.05, 4.69) is 15.9 Å². The van der Waals surface area contributed by atoms with Crippen LogP contribution in [-0.2, 0) is 11.3 Å². The number of halogens is 1. The summed E-state index contributed by atoms with van der Waals surface area (Å²) in [6.07, 6.45) is 0. The second-order valence-electron chi connectivity index (χ2n) is 4.97. The highest BCUT2D eigenvalue weighted by atomic mass is 79.9. The topological polar surface area (TPSA) is 46.3 Å². The van der Waals surface area contributed by atoms with E-state index in [4.69, 9.17) is 5.73 Å². The predicted molar refractivity (Wildman–Crippen MR) is 81.9 cm³/mol. The smallest absolute Gasteiger partial charge is 0.242 e. The number of likely N-dealkylation sites (tertiary alicyclic amines) is 1. The average Bonchev–Trinajstić information content (AvgIpc) is 2.49. The second kappa shape index (κ2) is 5.38. The molecule has 20 heavy (non-hydrogen) atoms. The van der Waals surface area contributed by atoms with Crippen molar-refractivity contribution < 1.29 is 4.79 Å². The Hall–Kier alpha value is -1.65. The summed E-state index contributed by atoms with van der Waals surface area (Å²) < 4.78 is 1.02. The molecule has 0 bridgehead atoms. The van der Waals surface area contributed by atoms with Crippen LogP contribution in [0.1, 0.15) is 17.2 Å².